The molecule has 108 valence electrons. The Morgan fingerprint density at radius 2 is 2.26 bits per heavy atom. The van der Waals surface area contributed by atoms with Crippen LogP contribution in [-0.4, -0.2) is 39.0 Å². The summed E-state index contributed by atoms with van der Waals surface area (Å²) in [6, 6.07) is 1.73. The highest BCUT2D eigenvalue weighted by molar-refractivity contribution is 7.91. The SMILES string of the molecule is Cc1csc(S(=O)(=O)N(C)CCC2CCCCO2)c1. The summed E-state index contributed by atoms with van der Waals surface area (Å²) in [5.74, 6) is 0. The van der Waals surface area contributed by atoms with Gasteiger partial charge in [0.15, 0.2) is 0 Å². The average molecular weight is 303 g/mol. The van der Waals surface area contributed by atoms with E-state index in [4.69, 9.17) is 4.74 Å². The third-order valence-electron chi connectivity index (χ3n) is 3.41. The van der Waals surface area contributed by atoms with Crippen molar-refractivity contribution in [3.63, 3.8) is 0 Å². The van der Waals surface area contributed by atoms with Gasteiger partial charge in [-0.2, -0.15) is 0 Å². The average Bonchev–Trinajstić information content (AvgIpc) is 2.84. The first-order valence-electron chi connectivity index (χ1n) is 6.63. The van der Waals surface area contributed by atoms with E-state index < -0.39 is 10.0 Å². The summed E-state index contributed by atoms with van der Waals surface area (Å²) in [5.41, 5.74) is 0.993. The summed E-state index contributed by atoms with van der Waals surface area (Å²) in [6.07, 6.45) is 4.35. The van der Waals surface area contributed by atoms with Crippen LogP contribution in [0.5, 0.6) is 0 Å². The monoisotopic (exact) mass is 303 g/mol. The number of ether oxygens (including phenoxy) is 1. The van der Waals surface area contributed by atoms with Gasteiger partial charge in [-0.1, -0.05) is 0 Å². The summed E-state index contributed by atoms with van der Waals surface area (Å²) >= 11 is 1.29. The van der Waals surface area contributed by atoms with Crippen LogP contribution in [0.1, 0.15) is 31.2 Å². The van der Waals surface area contributed by atoms with E-state index in [9.17, 15) is 8.42 Å². The maximum atomic E-state index is 12.3. The van der Waals surface area contributed by atoms with Crippen molar-refractivity contribution in [3.05, 3.63) is 17.0 Å². The molecule has 0 radical (unpaired) electrons. The van der Waals surface area contributed by atoms with Crippen LogP contribution in [0.4, 0.5) is 0 Å². The Balaban J connectivity index is 1.93. The second kappa shape index (κ2) is 6.35. The molecule has 1 aliphatic heterocycles. The van der Waals surface area contributed by atoms with Gasteiger partial charge in [0.25, 0.3) is 10.0 Å². The van der Waals surface area contributed by atoms with Crippen LogP contribution in [0.3, 0.4) is 0 Å². The Labute approximate surface area is 119 Å². The first-order valence-corrected chi connectivity index (χ1v) is 8.95. The number of sulfonamides is 1. The molecule has 1 atom stereocenters. The highest BCUT2D eigenvalue weighted by Gasteiger charge is 2.23. The molecule has 1 fully saturated rings. The van der Waals surface area contributed by atoms with E-state index in [1.54, 1.807) is 13.1 Å². The van der Waals surface area contributed by atoms with Gasteiger partial charge in [-0.05, 0) is 49.6 Å². The van der Waals surface area contributed by atoms with Crippen LogP contribution in [0.2, 0.25) is 0 Å². The minimum Gasteiger partial charge on any atom is -0.378 e. The molecule has 19 heavy (non-hydrogen) atoms. The Bertz CT molecular complexity index is 504. The highest BCUT2D eigenvalue weighted by Crippen LogP contribution is 2.23. The summed E-state index contributed by atoms with van der Waals surface area (Å²) < 4.78 is 32.1. The van der Waals surface area contributed by atoms with Crippen LogP contribution >= 0.6 is 11.3 Å². The number of nitrogens with zero attached hydrogens (tertiary/aromatic N) is 1. The fourth-order valence-corrected chi connectivity index (χ4v) is 4.80. The van der Waals surface area contributed by atoms with E-state index in [0.717, 1.165) is 31.4 Å². The fraction of sp³-hybridized carbons (Fsp3) is 0.692. The van der Waals surface area contributed by atoms with Crippen LogP contribution in [0.15, 0.2) is 15.7 Å². The van der Waals surface area contributed by atoms with Gasteiger partial charge in [-0.15, -0.1) is 11.3 Å². The van der Waals surface area contributed by atoms with Gasteiger partial charge in [0.1, 0.15) is 4.21 Å². The normalized spacial score (nSPS) is 20.9. The van der Waals surface area contributed by atoms with E-state index in [1.807, 2.05) is 12.3 Å². The minimum atomic E-state index is -3.32. The van der Waals surface area contributed by atoms with Gasteiger partial charge >= 0.3 is 0 Å². The molecule has 0 aromatic carbocycles. The van der Waals surface area contributed by atoms with Gasteiger partial charge in [0, 0.05) is 20.2 Å². The van der Waals surface area contributed by atoms with E-state index in [2.05, 4.69) is 0 Å². The van der Waals surface area contributed by atoms with E-state index in [1.165, 1.54) is 22.1 Å². The Morgan fingerprint density at radius 3 is 2.84 bits per heavy atom. The molecule has 0 bridgehead atoms. The fourth-order valence-electron chi connectivity index (χ4n) is 2.17. The zero-order valence-electron chi connectivity index (χ0n) is 11.5. The van der Waals surface area contributed by atoms with Gasteiger partial charge < -0.3 is 4.74 Å². The zero-order valence-corrected chi connectivity index (χ0v) is 13.1. The third-order valence-corrected chi connectivity index (χ3v) is 6.80. The van der Waals surface area contributed by atoms with Crippen LogP contribution in [-0.2, 0) is 14.8 Å². The number of hydrogen-bond acceptors (Lipinski definition) is 4. The topological polar surface area (TPSA) is 46.6 Å². The lowest BCUT2D eigenvalue weighted by molar-refractivity contribution is 0.00951. The largest absolute Gasteiger partial charge is 0.378 e. The van der Waals surface area contributed by atoms with Gasteiger partial charge in [0.2, 0.25) is 0 Å². The van der Waals surface area contributed by atoms with Crippen molar-refractivity contribution in [3.8, 4) is 0 Å². The molecule has 1 aromatic rings. The first-order chi connectivity index (χ1) is 9.00. The molecule has 2 heterocycles. The third kappa shape index (κ3) is 3.78. The highest BCUT2D eigenvalue weighted by atomic mass is 32.2. The molecule has 6 heteroatoms. The summed E-state index contributed by atoms with van der Waals surface area (Å²) in [7, 11) is -1.68. The Hall–Kier alpha value is -0.430. The van der Waals surface area contributed by atoms with Crippen molar-refractivity contribution in [2.24, 2.45) is 0 Å². The molecule has 0 N–H and O–H groups in total. The van der Waals surface area contributed by atoms with Crippen molar-refractivity contribution in [1.82, 2.24) is 4.31 Å². The molecule has 1 aromatic heterocycles. The molecule has 1 unspecified atom stereocenters. The molecular weight excluding hydrogens is 282 g/mol. The zero-order chi connectivity index (χ0) is 13.9. The predicted octanol–water partition coefficient (Wildman–Crippen LogP) is 2.64. The molecule has 1 saturated heterocycles. The molecule has 0 saturated carbocycles. The molecule has 4 nitrogen and oxygen atoms in total. The first kappa shape index (κ1) is 15.0. The molecular formula is C13H21NO3S2. The van der Waals surface area contributed by atoms with Crippen molar-refractivity contribution in [1.29, 1.82) is 0 Å². The standard InChI is InChI=1S/C13H21NO3S2/c1-11-9-13(18-10-11)19(15,16)14(2)7-6-12-5-3-4-8-17-12/h9-10,12H,3-8H2,1-2H3. The lowest BCUT2D eigenvalue weighted by Gasteiger charge is -2.24. The smallest absolute Gasteiger partial charge is 0.252 e. The summed E-state index contributed by atoms with van der Waals surface area (Å²) in [5, 5.41) is 1.87. The second-order valence-electron chi connectivity index (χ2n) is 5.05. The van der Waals surface area contributed by atoms with Gasteiger partial charge in [0.05, 0.1) is 6.10 Å². The second-order valence-corrected chi connectivity index (χ2v) is 8.23. The number of aryl methyl sites for hydroxylation is 1. The molecule has 0 amide bonds. The van der Waals surface area contributed by atoms with Gasteiger partial charge in [-0.3, -0.25) is 0 Å². The van der Waals surface area contributed by atoms with Crippen LogP contribution in [0, 0.1) is 6.92 Å². The lowest BCUT2D eigenvalue weighted by Crippen LogP contribution is -2.31. The molecule has 0 aliphatic carbocycles. The van der Waals surface area contributed by atoms with Crippen molar-refractivity contribution < 1.29 is 13.2 Å². The maximum Gasteiger partial charge on any atom is 0.252 e. The number of rotatable bonds is 5. The summed E-state index contributed by atoms with van der Waals surface area (Å²) in [4.78, 5) is 0. The molecule has 1 aliphatic rings. The molecule has 2 rings (SSSR count). The number of hydrogen-bond donors (Lipinski definition) is 0. The van der Waals surface area contributed by atoms with E-state index in [0.29, 0.717) is 10.8 Å². The van der Waals surface area contributed by atoms with Crippen molar-refractivity contribution in [2.45, 2.75) is 42.9 Å². The van der Waals surface area contributed by atoms with Crippen molar-refractivity contribution in [2.75, 3.05) is 20.2 Å². The Morgan fingerprint density at radius 1 is 1.47 bits per heavy atom. The van der Waals surface area contributed by atoms with Crippen molar-refractivity contribution >= 4 is 21.4 Å². The lowest BCUT2D eigenvalue weighted by atomic mass is 10.1. The summed E-state index contributed by atoms with van der Waals surface area (Å²) in [6.45, 7) is 3.24. The molecule has 0 spiro atoms. The van der Waals surface area contributed by atoms with Crippen LogP contribution < -0.4 is 0 Å². The van der Waals surface area contributed by atoms with E-state index in [-0.39, 0.29) is 6.10 Å². The Kier molecular flexibility index (Phi) is 5.00. The quantitative estimate of drug-likeness (QED) is 0.840. The maximum absolute atomic E-state index is 12.3. The number of thiophene rings is 1. The predicted molar refractivity (Wildman–Crippen MR) is 77.1 cm³/mol. The van der Waals surface area contributed by atoms with Crippen LogP contribution in [0.25, 0.3) is 0 Å². The minimum absolute atomic E-state index is 0.219. The van der Waals surface area contributed by atoms with Gasteiger partial charge in [-0.25, -0.2) is 12.7 Å². The van der Waals surface area contributed by atoms with E-state index >= 15 is 0 Å².